The summed E-state index contributed by atoms with van der Waals surface area (Å²) in [5.74, 6) is -1.03. The second-order valence-corrected chi connectivity index (χ2v) is 2.74. The van der Waals surface area contributed by atoms with Gasteiger partial charge in [-0.15, -0.1) is 0 Å². The second kappa shape index (κ2) is 7.15. The fourth-order valence-electron chi connectivity index (χ4n) is 0.271. The molecule has 0 aromatic heterocycles. The third kappa shape index (κ3) is 17.4. The highest BCUT2D eigenvalue weighted by atomic mass is 19.4. The van der Waals surface area contributed by atoms with Gasteiger partial charge in [0.25, 0.3) is 0 Å². The first-order valence-corrected chi connectivity index (χ1v) is 3.96. The third-order valence-corrected chi connectivity index (χ3v) is 0.895. The van der Waals surface area contributed by atoms with Crippen molar-refractivity contribution in [2.24, 2.45) is 0 Å². The van der Waals surface area contributed by atoms with Crippen LogP contribution in [0.25, 0.3) is 0 Å². The molecular weight excluding hydrogens is 258 g/mol. The van der Waals surface area contributed by atoms with E-state index in [1.807, 2.05) is 0 Å². The van der Waals surface area contributed by atoms with Gasteiger partial charge in [-0.3, -0.25) is 0 Å². The van der Waals surface area contributed by atoms with Gasteiger partial charge in [0.15, 0.2) is 6.61 Å². The van der Waals surface area contributed by atoms with Crippen molar-refractivity contribution in [3.8, 4) is 0 Å². The number of esters is 1. The highest BCUT2D eigenvalue weighted by Crippen LogP contribution is 2.14. The Hall–Kier alpha value is -1.25. The first-order chi connectivity index (χ1) is 7.39. The summed E-state index contributed by atoms with van der Waals surface area (Å²) in [6.07, 6.45) is -8.87. The Morgan fingerprint density at radius 2 is 1.53 bits per heavy atom. The van der Waals surface area contributed by atoms with Crippen molar-refractivity contribution < 1.29 is 41.0 Å². The lowest BCUT2D eigenvalue weighted by molar-refractivity contribution is -0.183. The zero-order valence-electron chi connectivity index (χ0n) is 8.65. The lowest BCUT2D eigenvalue weighted by atomic mass is 10.4. The van der Waals surface area contributed by atoms with Crippen LogP contribution in [0.3, 0.4) is 0 Å². The van der Waals surface area contributed by atoms with Crippen LogP contribution in [0.5, 0.6) is 0 Å². The van der Waals surface area contributed by atoms with E-state index in [2.05, 4.69) is 11.3 Å². The Bertz CT molecular complexity index is 255. The fraction of sp³-hybridized carbons (Fsp3) is 0.625. The van der Waals surface area contributed by atoms with Gasteiger partial charge >= 0.3 is 18.3 Å². The molecular formula is C8H10F6O3. The number of carbonyl (C=O) groups is 1. The molecule has 3 nitrogen and oxygen atoms in total. The second-order valence-electron chi connectivity index (χ2n) is 2.74. The predicted octanol–water partition coefficient (Wildman–Crippen LogP) is 2.21. The topological polar surface area (TPSA) is 46.5 Å². The van der Waals surface area contributed by atoms with Gasteiger partial charge in [0.1, 0.15) is 6.61 Å². The van der Waals surface area contributed by atoms with Crippen LogP contribution in [-0.2, 0) is 9.53 Å². The summed E-state index contributed by atoms with van der Waals surface area (Å²) in [7, 11) is 0. The molecule has 9 heteroatoms. The monoisotopic (exact) mass is 268 g/mol. The number of alkyl halides is 6. The molecule has 0 aliphatic heterocycles. The van der Waals surface area contributed by atoms with E-state index in [0.717, 1.165) is 0 Å². The zero-order valence-corrected chi connectivity index (χ0v) is 8.65. The summed E-state index contributed by atoms with van der Waals surface area (Å²) in [4.78, 5) is 10.4. The smallest absolute Gasteiger partial charge is 0.422 e. The SMILES string of the molecule is C=C(C)C(=O)OCC(F)(F)F.OCC(F)(F)F. The molecule has 0 unspecified atom stereocenters. The van der Waals surface area contributed by atoms with Crippen molar-refractivity contribution in [2.45, 2.75) is 19.3 Å². The van der Waals surface area contributed by atoms with Gasteiger partial charge in [-0.25, -0.2) is 4.79 Å². The summed E-state index contributed by atoms with van der Waals surface area (Å²) in [5.41, 5.74) is -0.0470. The van der Waals surface area contributed by atoms with E-state index in [9.17, 15) is 31.1 Å². The molecule has 0 saturated heterocycles. The number of aliphatic hydroxyl groups excluding tert-OH is 1. The first-order valence-electron chi connectivity index (χ1n) is 3.96. The molecule has 102 valence electrons. The van der Waals surface area contributed by atoms with E-state index in [0.29, 0.717) is 0 Å². The molecule has 0 aromatic rings. The molecule has 0 rings (SSSR count). The normalized spacial score (nSPS) is 11.3. The van der Waals surface area contributed by atoms with E-state index < -0.39 is 31.5 Å². The highest BCUT2D eigenvalue weighted by Gasteiger charge is 2.29. The average molecular weight is 268 g/mol. The summed E-state index contributed by atoms with van der Waals surface area (Å²) < 4.78 is 69.5. The van der Waals surface area contributed by atoms with Crippen LogP contribution in [0.15, 0.2) is 12.2 Å². The van der Waals surface area contributed by atoms with E-state index in [1.165, 1.54) is 6.92 Å². The summed E-state index contributed by atoms with van der Waals surface area (Å²) in [6.45, 7) is 1.10. The third-order valence-electron chi connectivity index (χ3n) is 0.895. The molecule has 0 radical (unpaired) electrons. The van der Waals surface area contributed by atoms with Gasteiger partial charge in [0.05, 0.1) is 0 Å². The van der Waals surface area contributed by atoms with Crippen LogP contribution in [-0.4, -0.2) is 36.6 Å². The van der Waals surface area contributed by atoms with Crippen LogP contribution in [0.1, 0.15) is 6.92 Å². The lowest BCUT2D eigenvalue weighted by Crippen LogP contribution is -2.20. The standard InChI is InChI=1S/C6H7F3O2.C2H3F3O/c1-4(2)5(10)11-3-6(7,8)9;3-2(4,5)1-6/h1,3H2,2H3;6H,1H2. The van der Waals surface area contributed by atoms with Crippen molar-refractivity contribution in [1.82, 2.24) is 0 Å². The van der Waals surface area contributed by atoms with Crippen LogP contribution in [0.4, 0.5) is 26.3 Å². The van der Waals surface area contributed by atoms with Crippen molar-refractivity contribution in [3.63, 3.8) is 0 Å². The number of aliphatic hydroxyl groups is 1. The molecule has 0 aliphatic carbocycles. The zero-order chi connectivity index (χ0) is 14.3. The van der Waals surface area contributed by atoms with Gasteiger partial charge in [-0.05, 0) is 6.92 Å². The summed E-state index contributed by atoms with van der Waals surface area (Å²) in [6, 6.07) is 0. The molecule has 17 heavy (non-hydrogen) atoms. The molecule has 0 amide bonds. The molecule has 0 heterocycles. The van der Waals surface area contributed by atoms with Crippen molar-refractivity contribution in [1.29, 1.82) is 0 Å². The summed E-state index contributed by atoms with van der Waals surface area (Å²) >= 11 is 0. The van der Waals surface area contributed by atoms with Crippen LogP contribution in [0, 0.1) is 0 Å². The largest absolute Gasteiger partial charge is 0.453 e. The quantitative estimate of drug-likeness (QED) is 0.474. The Kier molecular flexibility index (Phi) is 7.62. The molecule has 0 saturated carbocycles. The highest BCUT2D eigenvalue weighted by molar-refractivity contribution is 5.86. The number of halogens is 6. The van der Waals surface area contributed by atoms with Gasteiger partial charge < -0.3 is 9.84 Å². The van der Waals surface area contributed by atoms with Crippen molar-refractivity contribution >= 4 is 5.97 Å². The first kappa shape index (κ1) is 18.1. The Morgan fingerprint density at radius 1 is 1.18 bits per heavy atom. The number of carbonyl (C=O) groups excluding carboxylic acids is 1. The van der Waals surface area contributed by atoms with Crippen molar-refractivity contribution in [2.75, 3.05) is 13.2 Å². The molecule has 0 spiro atoms. The maximum Gasteiger partial charge on any atom is 0.422 e. The maximum absolute atomic E-state index is 11.4. The van der Waals surface area contributed by atoms with Gasteiger partial charge in [-0.1, -0.05) is 6.58 Å². The van der Waals surface area contributed by atoms with E-state index in [-0.39, 0.29) is 5.57 Å². The minimum Gasteiger partial charge on any atom is -0.453 e. The van der Waals surface area contributed by atoms with Gasteiger partial charge in [0, 0.05) is 5.57 Å². The molecule has 0 aliphatic rings. The Balaban J connectivity index is 0. The van der Waals surface area contributed by atoms with Crippen LogP contribution in [0.2, 0.25) is 0 Å². The van der Waals surface area contributed by atoms with Gasteiger partial charge in [-0.2, -0.15) is 26.3 Å². The van der Waals surface area contributed by atoms with E-state index in [4.69, 9.17) is 5.11 Å². The van der Waals surface area contributed by atoms with Gasteiger partial charge in [0.2, 0.25) is 0 Å². The molecule has 0 fully saturated rings. The lowest BCUT2D eigenvalue weighted by Gasteiger charge is -2.06. The maximum atomic E-state index is 11.4. The minimum atomic E-state index is -4.47. The Morgan fingerprint density at radius 3 is 1.71 bits per heavy atom. The van der Waals surface area contributed by atoms with Crippen molar-refractivity contribution in [3.05, 3.63) is 12.2 Å². The predicted molar refractivity (Wildman–Crippen MR) is 45.0 cm³/mol. The number of hydrogen-bond acceptors (Lipinski definition) is 3. The van der Waals surface area contributed by atoms with Crippen LogP contribution < -0.4 is 0 Å². The fourth-order valence-corrected chi connectivity index (χ4v) is 0.271. The Labute approximate surface area is 92.7 Å². The molecule has 0 bridgehead atoms. The average Bonchev–Trinajstić information content (AvgIpc) is 2.12. The number of rotatable bonds is 2. The minimum absolute atomic E-state index is 0.0470. The summed E-state index contributed by atoms with van der Waals surface area (Å²) in [5, 5.41) is 7.28. The molecule has 0 atom stereocenters. The molecule has 0 aromatic carbocycles. The van der Waals surface area contributed by atoms with E-state index >= 15 is 0 Å². The van der Waals surface area contributed by atoms with Crippen LogP contribution >= 0.6 is 0 Å². The number of hydrogen-bond donors (Lipinski definition) is 1. The molecule has 1 N–H and O–H groups in total. The van der Waals surface area contributed by atoms with E-state index in [1.54, 1.807) is 0 Å². The number of ether oxygens (including phenoxy) is 1.